The van der Waals surface area contributed by atoms with Gasteiger partial charge in [-0.15, -0.1) is 0 Å². The number of ether oxygens (including phenoxy) is 1. The maximum Gasteiger partial charge on any atom is 0.150 e. The summed E-state index contributed by atoms with van der Waals surface area (Å²) in [5, 5.41) is 0.892. The van der Waals surface area contributed by atoms with Crippen molar-refractivity contribution in [1.82, 2.24) is 9.62 Å². The van der Waals surface area contributed by atoms with E-state index in [0.717, 1.165) is 73.5 Å². The molecule has 0 spiro atoms. The first-order valence-corrected chi connectivity index (χ1v) is 21.6. The van der Waals surface area contributed by atoms with E-state index >= 15 is 0 Å². The molecule has 6 nitrogen and oxygen atoms in total. The Labute approximate surface area is 315 Å². The summed E-state index contributed by atoms with van der Waals surface area (Å²) < 4.78 is 22.0. The van der Waals surface area contributed by atoms with Gasteiger partial charge in [-0.3, -0.25) is 4.79 Å². The predicted molar refractivity (Wildman–Crippen MR) is 214 cm³/mol. The summed E-state index contributed by atoms with van der Waals surface area (Å²) in [6, 6.07) is 12.3. The second-order valence-electron chi connectivity index (χ2n) is 16.2. The molecule has 3 fully saturated rings. The van der Waals surface area contributed by atoms with Crippen LogP contribution in [0, 0.1) is 35.5 Å². The van der Waals surface area contributed by atoms with E-state index in [9.17, 15) is 9.00 Å². The van der Waals surface area contributed by atoms with Crippen LogP contribution in [0.3, 0.4) is 0 Å². The van der Waals surface area contributed by atoms with E-state index in [1.54, 1.807) is 7.05 Å². The molecule has 0 radical (unpaired) electrons. The molecule has 0 amide bonds. The van der Waals surface area contributed by atoms with E-state index < -0.39 is 11.0 Å². The number of allylic oxidation sites excluding steroid dienone is 1. The van der Waals surface area contributed by atoms with Gasteiger partial charge in [-0.05, 0) is 136 Å². The number of halogens is 1. The Balaban J connectivity index is 1.23. The van der Waals surface area contributed by atoms with Crippen molar-refractivity contribution in [3.05, 3.63) is 70.3 Å². The lowest BCUT2D eigenvalue weighted by atomic mass is 9.66. The topological polar surface area (TPSA) is 61.9 Å². The maximum atomic E-state index is 12.5. The lowest BCUT2D eigenvalue weighted by molar-refractivity contribution is 0.0508. The molecule has 0 aromatic heterocycles. The number of hydrogen-bond donors (Lipinski definition) is 1. The van der Waals surface area contributed by atoms with Gasteiger partial charge in [-0.25, -0.2) is 8.93 Å². The summed E-state index contributed by atoms with van der Waals surface area (Å²) in [7, 11) is 0.771. The molecule has 280 valence electrons. The molecule has 2 saturated carbocycles. The van der Waals surface area contributed by atoms with E-state index in [0.29, 0.717) is 35.8 Å². The smallest absolute Gasteiger partial charge is 0.150 e. The minimum Gasteiger partial charge on any atom is -0.491 e. The molecule has 51 heavy (non-hydrogen) atoms. The van der Waals surface area contributed by atoms with Gasteiger partial charge in [-0.1, -0.05) is 69.4 Å². The summed E-state index contributed by atoms with van der Waals surface area (Å²) in [5.74, 6) is 4.88. The molecule has 2 heterocycles. The van der Waals surface area contributed by atoms with E-state index in [-0.39, 0.29) is 11.2 Å². The van der Waals surface area contributed by atoms with Gasteiger partial charge < -0.3 is 14.5 Å². The normalized spacial score (nSPS) is 27.7. The van der Waals surface area contributed by atoms with Crippen LogP contribution in [0.15, 0.2) is 48.6 Å². The number of nitrogens with one attached hydrogen (secondary N) is 1. The molecule has 1 saturated heterocycles. The molecular formula is C43H62ClN3O3S. The first-order chi connectivity index (χ1) is 24.8. The van der Waals surface area contributed by atoms with Crippen molar-refractivity contribution in [2.75, 3.05) is 51.3 Å². The molecule has 0 bridgehead atoms. The standard InChI is InChI=1S/C43H62ClN3O3S/c1-5-9-34-23-39(44)16-18-40(34)38-27-47(42-22-32(28-48)14-19-43(42)50-29-38)26-37-15-17-41(37)36(13-8-10-30(2)31(3)51(49)45-4)25-46-21-20-33-11-6-7-12-35(33)24-46/h8,13-14,16,18-19,22-23,28,30-31,33,35-38,41,45H,5-7,9-12,15,17,20-21,24-27,29H2,1-4H3/b13-8+. The number of aldehydes is 1. The minimum absolute atomic E-state index is 0.105. The van der Waals surface area contributed by atoms with Crippen molar-refractivity contribution in [1.29, 1.82) is 0 Å². The van der Waals surface area contributed by atoms with Crippen molar-refractivity contribution in [3.8, 4) is 5.75 Å². The predicted octanol–water partition coefficient (Wildman–Crippen LogP) is 9.10. The number of rotatable bonds is 15. The van der Waals surface area contributed by atoms with Crippen molar-refractivity contribution in [3.63, 3.8) is 0 Å². The van der Waals surface area contributed by atoms with Crippen LogP contribution in [0.1, 0.15) is 106 Å². The lowest BCUT2D eigenvalue weighted by Gasteiger charge is -2.47. The largest absolute Gasteiger partial charge is 0.491 e. The van der Waals surface area contributed by atoms with E-state index in [2.05, 4.69) is 59.6 Å². The summed E-state index contributed by atoms with van der Waals surface area (Å²) in [6.07, 6.45) is 18.4. The van der Waals surface area contributed by atoms with Gasteiger partial charge in [0, 0.05) is 47.9 Å². The van der Waals surface area contributed by atoms with E-state index in [1.807, 2.05) is 24.3 Å². The van der Waals surface area contributed by atoms with Crippen molar-refractivity contribution in [2.45, 2.75) is 96.1 Å². The molecule has 2 aliphatic carbocycles. The monoisotopic (exact) mass is 735 g/mol. The van der Waals surface area contributed by atoms with Crippen LogP contribution < -0.4 is 14.4 Å². The Morgan fingerprint density at radius 1 is 1.04 bits per heavy atom. The van der Waals surface area contributed by atoms with Gasteiger partial charge in [0.15, 0.2) is 0 Å². The van der Waals surface area contributed by atoms with Crippen LogP contribution in [0.25, 0.3) is 0 Å². The molecule has 6 rings (SSSR count). The molecule has 1 N–H and O–H groups in total. The minimum atomic E-state index is -1.01. The van der Waals surface area contributed by atoms with Gasteiger partial charge in [0.2, 0.25) is 0 Å². The maximum absolute atomic E-state index is 12.5. The Hall–Kier alpha value is -2.19. The second kappa shape index (κ2) is 18.2. The third kappa shape index (κ3) is 9.49. The fraction of sp³-hybridized carbons (Fsp3) is 0.651. The number of benzene rings is 2. The number of likely N-dealkylation sites (tertiary alicyclic amines) is 1. The zero-order valence-corrected chi connectivity index (χ0v) is 33.1. The first kappa shape index (κ1) is 38.5. The Morgan fingerprint density at radius 2 is 1.86 bits per heavy atom. The number of piperidine rings is 1. The van der Waals surface area contributed by atoms with Crippen LogP contribution >= 0.6 is 11.6 Å². The molecule has 9 atom stereocenters. The average molecular weight is 737 g/mol. The van der Waals surface area contributed by atoms with Gasteiger partial charge >= 0.3 is 0 Å². The molecule has 8 heteroatoms. The zero-order chi connectivity index (χ0) is 35.9. The number of hydrogen-bond acceptors (Lipinski definition) is 5. The fourth-order valence-electron chi connectivity index (χ4n) is 9.61. The molecule has 9 unspecified atom stereocenters. The quantitative estimate of drug-likeness (QED) is 0.146. The lowest BCUT2D eigenvalue weighted by Crippen LogP contribution is -2.48. The summed E-state index contributed by atoms with van der Waals surface area (Å²) >= 11 is 6.49. The summed E-state index contributed by atoms with van der Waals surface area (Å²) in [5.41, 5.74) is 4.38. The third-order valence-electron chi connectivity index (χ3n) is 13.0. The van der Waals surface area contributed by atoms with Crippen molar-refractivity contribution >= 4 is 34.6 Å². The van der Waals surface area contributed by atoms with E-state index in [4.69, 9.17) is 16.3 Å². The summed E-state index contributed by atoms with van der Waals surface area (Å²) in [4.78, 5) is 17.3. The number of aryl methyl sites for hydroxylation is 1. The van der Waals surface area contributed by atoms with Crippen molar-refractivity contribution < 1.29 is 13.7 Å². The van der Waals surface area contributed by atoms with Crippen LogP contribution in [0.2, 0.25) is 5.02 Å². The van der Waals surface area contributed by atoms with Gasteiger partial charge in [0.25, 0.3) is 0 Å². The number of carbonyl (C=O) groups excluding carboxylic acids is 1. The third-order valence-corrected chi connectivity index (χ3v) is 14.7. The number of nitrogens with zero attached hydrogens (tertiary/aromatic N) is 2. The highest BCUT2D eigenvalue weighted by molar-refractivity contribution is 7.83. The van der Waals surface area contributed by atoms with Gasteiger partial charge in [0.05, 0.1) is 23.3 Å². The highest BCUT2D eigenvalue weighted by Crippen LogP contribution is 2.45. The molecule has 2 aromatic carbocycles. The second-order valence-corrected chi connectivity index (χ2v) is 18.4. The summed E-state index contributed by atoms with van der Waals surface area (Å²) in [6.45, 7) is 12.6. The Morgan fingerprint density at radius 3 is 2.61 bits per heavy atom. The Bertz CT molecular complexity index is 1520. The van der Waals surface area contributed by atoms with E-state index in [1.165, 1.54) is 69.2 Å². The molecular weight excluding hydrogens is 674 g/mol. The average Bonchev–Trinajstić information content (AvgIpc) is 3.31. The van der Waals surface area contributed by atoms with Crippen molar-refractivity contribution in [2.24, 2.45) is 35.5 Å². The SMILES string of the molecule is CCCc1cc(Cl)ccc1C1COc2ccc(C=O)cc2N(CC2CCC2C(/C=C/CC(C)C(C)S(=O)NC)CN2CCC3CCCCC3C2)C1. The van der Waals surface area contributed by atoms with Crippen LogP contribution in [-0.2, 0) is 17.4 Å². The highest BCUT2D eigenvalue weighted by Gasteiger charge is 2.40. The number of fused-ring (bicyclic) bond motifs is 2. The first-order valence-electron chi connectivity index (χ1n) is 20.0. The Kier molecular flexibility index (Phi) is 13.8. The molecule has 4 aliphatic rings. The number of anilines is 1. The number of carbonyl (C=O) groups is 1. The van der Waals surface area contributed by atoms with Gasteiger partial charge in [-0.2, -0.15) is 0 Å². The van der Waals surface area contributed by atoms with Crippen LogP contribution in [0.4, 0.5) is 5.69 Å². The van der Waals surface area contributed by atoms with Gasteiger partial charge in [0.1, 0.15) is 12.0 Å². The fourth-order valence-corrected chi connectivity index (χ4v) is 10.7. The molecule has 2 aliphatic heterocycles. The van der Waals surface area contributed by atoms with Crippen LogP contribution in [-0.4, -0.2) is 67.0 Å². The van der Waals surface area contributed by atoms with Crippen LogP contribution in [0.5, 0.6) is 5.75 Å². The zero-order valence-electron chi connectivity index (χ0n) is 31.5. The molecule has 2 aromatic rings. The highest BCUT2D eigenvalue weighted by atomic mass is 35.5.